The van der Waals surface area contributed by atoms with Crippen molar-refractivity contribution in [2.24, 2.45) is 0 Å². The predicted octanol–water partition coefficient (Wildman–Crippen LogP) is 16.5. The molecule has 0 bridgehead atoms. The Morgan fingerprint density at radius 2 is 0.646 bits per heavy atom. The van der Waals surface area contributed by atoms with Gasteiger partial charge in [-0.05, 0) is 125 Å². The lowest BCUT2D eigenvalue weighted by Crippen LogP contribution is -2.29. The molecule has 2 aliphatic rings. The molecule has 1 nitrogen and oxygen atoms in total. The maximum Gasteiger partial charge on any atom is 0.0714 e. The molecule has 0 spiro atoms. The highest BCUT2D eigenvalue weighted by Gasteiger charge is 2.48. The molecule has 0 saturated heterocycles. The minimum absolute atomic E-state index is 0.0430. The van der Waals surface area contributed by atoms with Crippen LogP contribution in [0.5, 0.6) is 0 Å². The van der Waals surface area contributed by atoms with Crippen LogP contribution in [-0.2, 0) is 21.7 Å². The van der Waals surface area contributed by atoms with E-state index in [-0.39, 0.29) is 10.8 Å². The molecule has 0 saturated carbocycles. The van der Waals surface area contributed by atoms with Gasteiger partial charge < -0.3 is 4.90 Å². The number of rotatable bonds is 7. The molecule has 1 heteroatoms. The highest BCUT2D eigenvalue weighted by atomic mass is 15.1. The molecule has 0 aromatic heterocycles. The number of para-hydroxylation sites is 1. The maximum absolute atomic E-state index is 2.49. The second kappa shape index (κ2) is 15.2. The zero-order valence-electron chi connectivity index (χ0n) is 38.3. The number of anilines is 3. The Morgan fingerprint density at radius 3 is 1.15 bits per heavy atom. The third kappa shape index (κ3) is 6.28. The van der Waals surface area contributed by atoms with Crippen molar-refractivity contribution in [1.82, 2.24) is 0 Å². The fraction of sp³-hybridized carbons (Fsp3) is 0.156. The summed E-state index contributed by atoms with van der Waals surface area (Å²) in [5.41, 5.74) is 20.5. The summed E-state index contributed by atoms with van der Waals surface area (Å²) in [5, 5.41) is 0. The Balaban J connectivity index is 1.14. The Bertz CT molecular complexity index is 3190. The molecule has 0 aliphatic heterocycles. The van der Waals surface area contributed by atoms with Crippen molar-refractivity contribution in [3.63, 3.8) is 0 Å². The molecule has 11 rings (SSSR count). The van der Waals surface area contributed by atoms with Gasteiger partial charge in [0.2, 0.25) is 0 Å². The quantitative estimate of drug-likeness (QED) is 0.155. The molecule has 9 aromatic carbocycles. The fourth-order valence-corrected chi connectivity index (χ4v) is 11.2. The summed E-state index contributed by atoms with van der Waals surface area (Å²) < 4.78 is 0. The highest BCUT2D eigenvalue weighted by molar-refractivity contribution is 5.92. The van der Waals surface area contributed by atoms with E-state index >= 15 is 0 Å². The molecule has 0 heterocycles. The van der Waals surface area contributed by atoms with Gasteiger partial charge in [-0.25, -0.2) is 0 Å². The summed E-state index contributed by atoms with van der Waals surface area (Å²) in [6, 6.07) is 84.6. The Morgan fingerprint density at radius 1 is 0.277 bits per heavy atom. The average Bonchev–Trinajstić information content (AvgIpc) is 3.80. The first kappa shape index (κ1) is 40.5. The zero-order chi connectivity index (χ0) is 44.6. The summed E-state index contributed by atoms with van der Waals surface area (Å²) >= 11 is 0. The van der Waals surface area contributed by atoms with Crippen LogP contribution in [0.2, 0.25) is 0 Å². The van der Waals surface area contributed by atoms with E-state index in [4.69, 9.17) is 0 Å². The number of benzene rings is 9. The van der Waals surface area contributed by atoms with Gasteiger partial charge >= 0.3 is 0 Å². The molecule has 0 N–H and O–H groups in total. The number of fused-ring (bicyclic) bond motifs is 6. The van der Waals surface area contributed by atoms with E-state index in [1.54, 1.807) is 0 Å². The van der Waals surface area contributed by atoms with Crippen LogP contribution >= 0.6 is 0 Å². The molecular weight excluding hydrogens is 783 g/mol. The smallest absolute Gasteiger partial charge is 0.0714 e. The van der Waals surface area contributed by atoms with Crippen LogP contribution in [0.1, 0.15) is 97.2 Å². The van der Waals surface area contributed by atoms with Crippen molar-refractivity contribution in [3.8, 4) is 22.3 Å². The fourth-order valence-electron chi connectivity index (χ4n) is 11.2. The van der Waals surface area contributed by atoms with Crippen molar-refractivity contribution in [2.45, 2.75) is 63.2 Å². The van der Waals surface area contributed by atoms with Crippen LogP contribution in [0.15, 0.2) is 224 Å². The number of hydrogen-bond acceptors (Lipinski definition) is 1. The van der Waals surface area contributed by atoms with Gasteiger partial charge in [0, 0.05) is 17.1 Å². The van der Waals surface area contributed by atoms with E-state index in [9.17, 15) is 0 Å². The molecule has 9 aromatic rings. The summed E-state index contributed by atoms with van der Waals surface area (Å²) in [5.74, 6) is 0. The van der Waals surface area contributed by atoms with E-state index in [2.05, 4.69) is 271 Å². The highest BCUT2D eigenvalue weighted by Crippen LogP contribution is 2.59. The largest absolute Gasteiger partial charge is 0.310 e. The van der Waals surface area contributed by atoms with Crippen LogP contribution in [0.3, 0.4) is 0 Å². The van der Waals surface area contributed by atoms with Gasteiger partial charge in [0.1, 0.15) is 0 Å². The van der Waals surface area contributed by atoms with E-state index in [1.807, 2.05) is 0 Å². The molecule has 2 unspecified atom stereocenters. The van der Waals surface area contributed by atoms with Crippen LogP contribution in [0, 0.1) is 0 Å². The SMILES string of the molecule is CC(C)(C)c1ccc(C2(c3ccccc3)c3ccccc3-c3cc(N(c4ccccc4)c4ccc5c(c4)C(c4ccccc4)(c4ccc(C(C)(C)C)cc4)c4ccccc4-5)ccc32)cc1. The van der Waals surface area contributed by atoms with Gasteiger partial charge in [0.15, 0.2) is 0 Å². The van der Waals surface area contributed by atoms with E-state index in [0.717, 1.165) is 17.1 Å². The van der Waals surface area contributed by atoms with Crippen molar-refractivity contribution in [3.05, 3.63) is 280 Å². The zero-order valence-corrected chi connectivity index (χ0v) is 38.3. The lowest BCUT2D eigenvalue weighted by molar-refractivity contribution is 0.589. The van der Waals surface area contributed by atoms with Gasteiger partial charge in [-0.1, -0.05) is 230 Å². The minimum Gasteiger partial charge on any atom is -0.310 e. The topological polar surface area (TPSA) is 3.24 Å². The summed E-state index contributed by atoms with van der Waals surface area (Å²) in [6.45, 7) is 13.8. The summed E-state index contributed by atoms with van der Waals surface area (Å²) in [7, 11) is 0. The minimum atomic E-state index is -0.531. The van der Waals surface area contributed by atoms with Crippen molar-refractivity contribution >= 4 is 17.1 Å². The Kier molecular flexibility index (Phi) is 9.49. The Hall–Kier alpha value is -7.22. The normalized spacial score (nSPS) is 17.2. The van der Waals surface area contributed by atoms with Gasteiger partial charge in [-0.15, -0.1) is 0 Å². The summed E-state index contributed by atoms with van der Waals surface area (Å²) in [4.78, 5) is 2.46. The molecular formula is C64H55N. The second-order valence-electron chi connectivity index (χ2n) is 20.1. The average molecular weight is 838 g/mol. The predicted molar refractivity (Wildman–Crippen MR) is 273 cm³/mol. The van der Waals surface area contributed by atoms with Gasteiger partial charge in [0.05, 0.1) is 10.8 Å². The molecule has 0 amide bonds. The van der Waals surface area contributed by atoms with E-state index in [1.165, 1.54) is 77.9 Å². The standard InChI is InChI=1S/C64H55N/c1-61(2,3)44-30-34-48(35-31-44)63(46-20-10-7-11-21-46)58-29-19-17-27-54(58)56-42-51(39-41-59(56)63)65(50-24-14-9-15-25-50)52-38-40-55-53-26-16-18-28-57(53)64(60(55)43-52,47-22-12-8-13-23-47)49-36-32-45(33-37-49)62(4,5)6/h7-43H,1-6H3. The second-order valence-corrected chi connectivity index (χ2v) is 20.1. The van der Waals surface area contributed by atoms with Crippen LogP contribution in [0.4, 0.5) is 17.1 Å². The van der Waals surface area contributed by atoms with Crippen molar-refractivity contribution in [2.75, 3.05) is 4.90 Å². The van der Waals surface area contributed by atoms with E-state index < -0.39 is 10.8 Å². The van der Waals surface area contributed by atoms with Crippen LogP contribution in [-0.4, -0.2) is 0 Å². The summed E-state index contributed by atoms with van der Waals surface area (Å²) in [6.07, 6.45) is 0. The lowest BCUT2D eigenvalue weighted by Gasteiger charge is -2.35. The first-order chi connectivity index (χ1) is 31.5. The molecule has 65 heavy (non-hydrogen) atoms. The maximum atomic E-state index is 2.49. The molecule has 2 aliphatic carbocycles. The van der Waals surface area contributed by atoms with Crippen molar-refractivity contribution in [1.29, 1.82) is 0 Å². The third-order valence-electron chi connectivity index (χ3n) is 14.4. The van der Waals surface area contributed by atoms with Crippen LogP contribution in [0.25, 0.3) is 22.3 Å². The molecule has 316 valence electrons. The first-order valence-corrected chi connectivity index (χ1v) is 23.2. The molecule has 0 fully saturated rings. The monoisotopic (exact) mass is 837 g/mol. The molecule has 2 atom stereocenters. The van der Waals surface area contributed by atoms with Gasteiger partial charge in [-0.3, -0.25) is 0 Å². The number of nitrogens with zero attached hydrogens (tertiary/aromatic N) is 1. The van der Waals surface area contributed by atoms with Gasteiger partial charge in [0.25, 0.3) is 0 Å². The van der Waals surface area contributed by atoms with Crippen molar-refractivity contribution < 1.29 is 0 Å². The molecule has 0 radical (unpaired) electrons. The third-order valence-corrected chi connectivity index (χ3v) is 14.4. The number of hydrogen-bond donors (Lipinski definition) is 0. The van der Waals surface area contributed by atoms with E-state index in [0.29, 0.717) is 0 Å². The Labute approximate surface area is 385 Å². The van der Waals surface area contributed by atoms with Gasteiger partial charge in [-0.2, -0.15) is 0 Å². The lowest BCUT2D eigenvalue weighted by atomic mass is 9.67. The van der Waals surface area contributed by atoms with Crippen LogP contribution < -0.4 is 4.90 Å². The first-order valence-electron chi connectivity index (χ1n) is 23.2.